The molecule has 6 nitrogen and oxygen atoms in total. The van der Waals surface area contributed by atoms with Gasteiger partial charge in [0.05, 0.1) is 12.8 Å². The van der Waals surface area contributed by atoms with Crippen LogP contribution in [-0.2, 0) is 11.8 Å². The Morgan fingerprint density at radius 3 is 2.31 bits per heavy atom. The molecule has 1 amide bonds. The van der Waals surface area contributed by atoms with Crippen molar-refractivity contribution >= 4 is 17.4 Å². The minimum Gasteiger partial charge on any atom is -0.497 e. The van der Waals surface area contributed by atoms with Gasteiger partial charge in [0, 0.05) is 37.7 Å². The summed E-state index contributed by atoms with van der Waals surface area (Å²) in [5.74, 6) is 0.473. The molecule has 138 valence electrons. The van der Waals surface area contributed by atoms with Gasteiger partial charge in [-0.25, -0.2) is 0 Å². The molecule has 6 heteroatoms. The Labute approximate surface area is 152 Å². The number of hydrogen-bond acceptors (Lipinski definition) is 4. The lowest BCUT2D eigenvalue weighted by atomic mass is 9.82. The van der Waals surface area contributed by atoms with Crippen LogP contribution in [0.25, 0.3) is 0 Å². The predicted octanol–water partition coefficient (Wildman–Crippen LogP) is 3.02. The van der Waals surface area contributed by atoms with E-state index in [4.69, 9.17) is 4.74 Å². The summed E-state index contributed by atoms with van der Waals surface area (Å²) < 4.78 is 6.49. The Balaban J connectivity index is 1.97. The monoisotopic (exact) mass is 356 g/mol. The Morgan fingerprint density at radius 2 is 1.73 bits per heavy atom. The van der Waals surface area contributed by atoms with Gasteiger partial charge in [0.2, 0.25) is 11.5 Å². The molecule has 1 heterocycles. The summed E-state index contributed by atoms with van der Waals surface area (Å²) in [4.78, 5) is 36.2. The number of pyridine rings is 1. The van der Waals surface area contributed by atoms with E-state index < -0.39 is 5.41 Å². The summed E-state index contributed by atoms with van der Waals surface area (Å²) in [5.41, 5.74) is 0.502. The third-order valence-corrected chi connectivity index (χ3v) is 4.06. The first-order valence-corrected chi connectivity index (χ1v) is 8.34. The highest BCUT2D eigenvalue weighted by Gasteiger charge is 2.26. The molecule has 0 aliphatic carbocycles. The van der Waals surface area contributed by atoms with E-state index in [0.29, 0.717) is 17.0 Å². The lowest BCUT2D eigenvalue weighted by molar-refractivity contribution is -0.118. The van der Waals surface area contributed by atoms with Crippen molar-refractivity contribution < 1.29 is 14.3 Å². The largest absolute Gasteiger partial charge is 0.497 e. The van der Waals surface area contributed by atoms with Gasteiger partial charge in [0.25, 0.3) is 0 Å². The fraction of sp³-hybridized carbons (Fsp3) is 0.350. The number of nitrogens with one attached hydrogen (secondary N) is 1. The molecule has 0 spiro atoms. The van der Waals surface area contributed by atoms with Gasteiger partial charge in [-0.05, 0) is 35.7 Å². The van der Waals surface area contributed by atoms with Crippen LogP contribution in [-0.4, -0.2) is 23.4 Å². The third-order valence-electron chi connectivity index (χ3n) is 4.06. The fourth-order valence-corrected chi connectivity index (χ4v) is 2.68. The minimum atomic E-state index is -0.498. The molecule has 26 heavy (non-hydrogen) atoms. The summed E-state index contributed by atoms with van der Waals surface area (Å²) in [6, 6.07) is 9.90. The van der Waals surface area contributed by atoms with Crippen LogP contribution < -0.4 is 15.6 Å². The van der Waals surface area contributed by atoms with Crippen molar-refractivity contribution in [2.45, 2.75) is 26.7 Å². The summed E-state index contributed by atoms with van der Waals surface area (Å²) in [5, 5.41) is 2.77. The van der Waals surface area contributed by atoms with Crippen molar-refractivity contribution in [3.63, 3.8) is 0 Å². The Kier molecular flexibility index (Phi) is 5.97. The fourth-order valence-electron chi connectivity index (χ4n) is 2.68. The number of aryl methyl sites for hydroxylation is 1. The van der Waals surface area contributed by atoms with Crippen molar-refractivity contribution in [1.29, 1.82) is 0 Å². The van der Waals surface area contributed by atoms with E-state index in [1.807, 2.05) is 13.8 Å². The quantitative estimate of drug-likeness (QED) is 0.774. The number of methoxy groups -OCH3 is 1. The maximum absolute atomic E-state index is 12.5. The number of aromatic nitrogens is 1. The second-order valence-electron chi connectivity index (χ2n) is 7.08. The van der Waals surface area contributed by atoms with Crippen LogP contribution in [0.15, 0.2) is 47.4 Å². The number of ketones is 1. The molecular formula is C20H24N2O4. The Bertz CT molecular complexity index is 851. The van der Waals surface area contributed by atoms with Crippen molar-refractivity contribution in [3.8, 4) is 5.75 Å². The molecule has 0 saturated carbocycles. The van der Waals surface area contributed by atoms with E-state index in [9.17, 15) is 14.4 Å². The van der Waals surface area contributed by atoms with Crippen LogP contribution in [0, 0.1) is 5.41 Å². The van der Waals surface area contributed by atoms with Gasteiger partial charge in [-0.1, -0.05) is 13.8 Å². The summed E-state index contributed by atoms with van der Waals surface area (Å²) in [6.07, 6.45) is 2.01. The lowest BCUT2D eigenvalue weighted by Crippen LogP contribution is -2.25. The van der Waals surface area contributed by atoms with Crippen LogP contribution in [0.5, 0.6) is 5.75 Å². The van der Waals surface area contributed by atoms with Crippen LogP contribution in [0.2, 0.25) is 0 Å². The summed E-state index contributed by atoms with van der Waals surface area (Å²) >= 11 is 0. The number of carbonyl (C=O) groups excluding carboxylic acids is 2. The lowest BCUT2D eigenvalue weighted by Gasteiger charge is -2.23. The number of rotatable bonds is 7. The molecule has 0 aliphatic rings. The SMILES string of the molecule is COc1ccc(C(=O)CC(C)(C)CC(=O)Nc2ccc(=O)n(C)c2)cc1. The van der Waals surface area contributed by atoms with E-state index >= 15 is 0 Å². The third kappa shape index (κ3) is 5.31. The number of amides is 1. The van der Waals surface area contributed by atoms with Gasteiger partial charge < -0.3 is 14.6 Å². The maximum Gasteiger partial charge on any atom is 0.250 e. The molecule has 2 rings (SSSR count). The van der Waals surface area contributed by atoms with E-state index in [2.05, 4.69) is 5.32 Å². The number of nitrogens with zero attached hydrogens (tertiary/aromatic N) is 1. The maximum atomic E-state index is 12.5. The Morgan fingerprint density at radius 1 is 1.08 bits per heavy atom. The molecule has 2 aromatic rings. The highest BCUT2D eigenvalue weighted by Crippen LogP contribution is 2.28. The number of hydrogen-bond donors (Lipinski definition) is 1. The van der Waals surface area contributed by atoms with Gasteiger partial charge in [-0.3, -0.25) is 14.4 Å². The molecule has 0 fully saturated rings. The highest BCUT2D eigenvalue weighted by molar-refractivity contribution is 5.97. The molecule has 1 N–H and O–H groups in total. The molecule has 0 radical (unpaired) electrons. The predicted molar refractivity (Wildman–Crippen MR) is 101 cm³/mol. The molecule has 1 aromatic heterocycles. The Hall–Kier alpha value is -2.89. The van der Waals surface area contributed by atoms with Crippen molar-refractivity contribution in [1.82, 2.24) is 4.57 Å². The molecular weight excluding hydrogens is 332 g/mol. The molecule has 0 aliphatic heterocycles. The van der Waals surface area contributed by atoms with Crippen LogP contribution in [0.1, 0.15) is 37.0 Å². The van der Waals surface area contributed by atoms with Crippen LogP contribution in [0.3, 0.4) is 0 Å². The van der Waals surface area contributed by atoms with Gasteiger partial charge in [0.15, 0.2) is 5.78 Å². The van der Waals surface area contributed by atoms with Crippen LogP contribution >= 0.6 is 0 Å². The van der Waals surface area contributed by atoms with Gasteiger partial charge in [-0.2, -0.15) is 0 Å². The smallest absolute Gasteiger partial charge is 0.250 e. The minimum absolute atomic E-state index is 0.0208. The van der Waals surface area contributed by atoms with Crippen LogP contribution in [0.4, 0.5) is 5.69 Å². The number of benzene rings is 1. The van der Waals surface area contributed by atoms with Crippen molar-refractivity contribution in [3.05, 3.63) is 58.5 Å². The van der Waals surface area contributed by atoms with Crippen molar-refractivity contribution in [2.24, 2.45) is 12.5 Å². The summed E-state index contributed by atoms with van der Waals surface area (Å²) in [6.45, 7) is 3.77. The molecule has 0 unspecified atom stereocenters. The zero-order valence-corrected chi connectivity index (χ0v) is 15.5. The number of carbonyl (C=O) groups is 2. The topological polar surface area (TPSA) is 77.4 Å². The van der Waals surface area contributed by atoms with Gasteiger partial charge in [-0.15, -0.1) is 0 Å². The van der Waals surface area contributed by atoms with E-state index in [1.54, 1.807) is 50.7 Å². The number of anilines is 1. The van der Waals surface area contributed by atoms with Crippen molar-refractivity contribution in [2.75, 3.05) is 12.4 Å². The van der Waals surface area contributed by atoms with Gasteiger partial charge in [0.1, 0.15) is 5.75 Å². The first kappa shape index (κ1) is 19.4. The molecule has 0 bridgehead atoms. The van der Waals surface area contributed by atoms with E-state index in [0.717, 1.165) is 0 Å². The zero-order chi connectivity index (χ0) is 19.3. The van der Waals surface area contributed by atoms with Gasteiger partial charge >= 0.3 is 0 Å². The average Bonchev–Trinajstić information content (AvgIpc) is 2.57. The second-order valence-corrected chi connectivity index (χ2v) is 7.08. The first-order valence-electron chi connectivity index (χ1n) is 8.34. The molecule has 1 aromatic carbocycles. The first-order chi connectivity index (χ1) is 12.2. The highest BCUT2D eigenvalue weighted by atomic mass is 16.5. The average molecular weight is 356 g/mol. The summed E-state index contributed by atoms with van der Waals surface area (Å²) in [7, 11) is 3.19. The zero-order valence-electron chi connectivity index (χ0n) is 15.5. The normalized spacial score (nSPS) is 11.1. The number of Topliss-reactive ketones (excluding diaryl/α,β-unsaturated/α-hetero) is 1. The van der Waals surface area contributed by atoms with E-state index in [1.165, 1.54) is 10.6 Å². The molecule has 0 atom stereocenters. The second kappa shape index (κ2) is 7.99. The van der Waals surface area contributed by atoms with E-state index in [-0.39, 0.29) is 30.1 Å². The standard InChI is InChI=1S/C20H24N2O4/c1-20(2,11-17(23)14-5-8-16(26-4)9-6-14)12-18(24)21-15-7-10-19(25)22(3)13-15/h5-10,13H,11-12H2,1-4H3,(H,21,24). The molecule has 0 saturated heterocycles. The number of ether oxygens (including phenoxy) is 1.